The second-order valence-corrected chi connectivity index (χ2v) is 12.7. The molecule has 7 nitrogen and oxygen atoms in total. The summed E-state index contributed by atoms with van der Waals surface area (Å²) in [5.41, 5.74) is 2.49. The number of quaternary nitrogens is 1. The lowest BCUT2D eigenvalue weighted by atomic mass is 9.91. The van der Waals surface area contributed by atoms with Crippen molar-refractivity contribution in [2.75, 3.05) is 46.4 Å². The summed E-state index contributed by atoms with van der Waals surface area (Å²) in [7, 11) is 2.82. The lowest BCUT2D eigenvalue weighted by Crippen LogP contribution is -3.00. The Morgan fingerprint density at radius 1 is 1.03 bits per heavy atom. The molecule has 2 rings (SSSR count). The first-order chi connectivity index (χ1) is 17.7. The van der Waals surface area contributed by atoms with Crippen molar-refractivity contribution >= 4 is 21.6 Å². The summed E-state index contributed by atoms with van der Waals surface area (Å²) in [5, 5.41) is 0. The van der Waals surface area contributed by atoms with Gasteiger partial charge in [0.15, 0.2) is 5.78 Å². The molecule has 12 heteroatoms. The summed E-state index contributed by atoms with van der Waals surface area (Å²) >= 11 is 0. The third kappa shape index (κ3) is 12.6. The van der Waals surface area contributed by atoms with Crippen LogP contribution in [0.1, 0.15) is 36.6 Å². The molecule has 1 heterocycles. The number of ether oxygens (including phenoxy) is 1. The molecule has 0 aliphatic heterocycles. The Labute approximate surface area is 239 Å². The molecule has 0 amide bonds. The second kappa shape index (κ2) is 15.5. The number of pyridine rings is 1. The Morgan fingerprint density at radius 3 is 2.13 bits per heavy atom. The molecule has 0 spiro atoms. The third-order valence-electron chi connectivity index (χ3n) is 5.93. The van der Waals surface area contributed by atoms with Gasteiger partial charge in [-0.2, -0.15) is 0 Å². The van der Waals surface area contributed by atoms with Crippen LogP contribution in [0.15, 0.2) is 42.6 Å². The number of alkyl halides is 3. The largest absolute Gasteiger partial charge is 1.00 e. The minimum Gasteiger partial charge on any atom is -1.00 e. The van der Waals surface area contributed by atoms with E-state index >= 15 is 0 Å². The molecule has 0 saturated carbocycles. The Hall–Kier alpha value is -2.31. The normalized spacial score (nSPS) is 13.4. The van der Waals surface area contributed by atoms with Gasteiger partial charge in [0.05, 0.1) is 46.5 Å². The molecule has 0 aliphatic carbocycles. The van der Waals surface area contributed by atoms with Gasteiger partial charge in [0.25, 0.3) is 6.43 Å². The van der Waals surface area contributed by atoms with E-state index in [1.54, 1.807) is 42.6 Å². The number of carbonyl (C=O) groups excluding carboxylic acids is 2. The van der Waals surface area contributed by atoms with Gasteiger partial charge in [0.2, 0.25) is 0 Å². The first-order valence-electron chi connectivity index (χ1n) is 12.3. The standard InChI is InChI=1S/C27H36F3N2O5S.BrH/c1-32(2,3)14-5-6-25(34)37-26(22(17-28)16-24(33)27(29)30)20-9-7-19(8-10-20)21-11-12-23(31-18-21)13-15-38(4,35)36;/h7-12,18,22,26-27H,5-6,13-17H2,1-4H3;1H/q+1;/p-1/t22-,26-;/m1./s1. The van der Waals surface area contributed by atoms with E-state index in [1.165, 1.54) is 0 Å². The van der Waals surface area contributed by atoms with Crippen molar-refractivity contribution < 1.29 is 57.4 Å². The van der Waals surface area contributed by atoms with Crippen LogP contribution in [0.5, 0.6) is 0 Å². The zero-order valence-electron chi connectivity index (χ0n) is 22.6. The highest BCUT2D eigenvalue weighted by Crippen LogP contribution is 2.32. The van der Waals surface area contributed by atoms with Crippen molar-refractivity contribution in [1.82, 2.24) is 4.98 Å². The lowest BCUT2D eigenvalue weighted by molar-refractivity contribution is -0.870. The lowest BCUT2D eigenvalue weighted by Gasteiger charge is -2.26. The minimum absolute atomic E-state index is 0. The average molecular weight is 638 g/mol. The number of carbonyl (C=O) groups is 2. The summed E-state index contributed by atoms with van der Waals surface area (Å²) in [5.74, 6) is -3.25. The fourth-order valence-electron chi connectivity index (χ4n) is 3.82. The number of benzene rings is 1. The molecule has 0 unspecified atom stereocenters. The van der Waals surface area contributed by atoms with Gasteiger partial charge in [-0.25, -0.2) is 17.2 Å². The average Bonchev–Trinajstić information content (AvgIpc) is 2.84. The number of halogens is 4. The SMILES string of the molecule is C[N+](C)(C)CCCC(=O)O[C@H](c1ccc(-c2ccc(CCS(C)(=O)=O)nc2)cc1)[C@@H](CF)CC(=O)C(F)F.[Br-]. The van der Waals surface area contributed by atoms with E-state index in [0.717, 1.165) is 17.4 Å². The number of aromatic nitrogens is 1. The van der Waals surface area contributed by atoms with E-state index in [4.69, 9.17) is 4.74 Å². The summed E-state index contributed by atoms with van der Waals surface area (Å²) in [6.07, 6.45) is -1.54. The Morgan fingerprint density at radius 2 is 1.64 bits per heavy atom. The Kier molecular flexibility index (Phi) is 13.8. The smallest absolute Gasteiger partial charge is 0.306 e. The van der Waals surface area contributed by atoms with E-state index in [1.807, 2.05) is 21.1 Å². The summed E-state index contributed by atoms with van der Waals surface area (Å²) in [6.45, 7) is -0.415. The molecule has 1 aromatic heterocycles. The highest BCUT2D eigenvalue weighted by molar-refractivity contribution is 7.90. The van der Waals surface area contributed by atoms with E-state index < -0.39 is 53.1 Å². The molecule has 1 aromatic carbocycles. The molecule has 0 radical (unpaired) electrons. The fraction of sp³-hybridized carbons (Fsp3) is 0.519. The molecule has 2 aromatic rings. The maximum absolute atomic E-state index is 14.0. The van der Waals surface area contributed by atoms with Crippen molar-refractivity contribution in [2.24, 2.45) is 5.92 Å². The topological polar surface area (TPSA) is 90.4 Å². The van der Waals surface area contributed by atoms with Gasteiger partial charge < -0.3 is 26.2 Å². The highest BCUT2D eigenvalue weighted by atomic mass is 79.9. The zero-order valence-corrected chi connectivity index (χ0v) is 25.0. The maximum atomic E-state index is 14.0. The number of ketones is 1. The predicted octanol–water partition coefficient (Wildman–Crippen LogP) is 1.22. The third-order valence-corrected chi connectivity index (χ3v) is 6.87. The first kappa shape index (κ1) is 34.7. The molecule has 0 bridgehead atoms. The predicted molar refractivity (Wildman–Crippen MR) is 139 cm³/mol. The Balaban J connectivity index is 0.00000760. The van der Waals surface area contributed by atoms with Crippen LogP contribution in [-0.4, -0.2) is 82.4 Å². The van der Waals surface area contributed by atoms with Crippen LogP contribution < -0.4 is 17.0 Å². The molecule has 0 aliphatic rings. The van der Waals surface area contributed by atoms with E-state index in [-0.39, 0.29) is 29.2 Å². The van der Waals surface area contributed by atoms with Gasteiger partial charge in [0, 0.05) is 48.9 Å². The number of hydrogen-bond donors (Lipinski definition) is 0. The number of esters is 1. The van der Waals surface area contributed by atoms with Gasteiger partial charge in [-0.3, -0.25) is 19.0 Å². The van der Waals surface area contributed by atoms with Crippen LogP contribution >= 0.6 is 0 Å². The molecular formula is C27H36BrF3N2O5S. The van der Waals surface area contributed by atoms with Gasteiger partial charge in [-0.15, -0.1) is 0 Å². The number of sulfone groups is 1. The van der Waals surface area contributed by atoms with Crippen LogP contribution in [0.2, 0.25) is 0 Å². The van der Waals surface area contributed by atoms with Crippen LogP contribution in [0.25, 0.3) is 11.1 Å². The van der Waals surface area contributed by atoms with Crippen LogP contribution in [0.4, 0.5) is 13.2 Å². The van der Waals surface area contributed by atoms with Crippen molar-refractivity contribution in [3.8, 4) is 11.1 Å². The molecule has 0 fully saturated rings. The number of hydrogen-bond acceptors (Lipinski definition) is 6. The number of Topliss-reactive ketones (excluding diaryl/α,β-unsaturated/α-hetero) is 1. The number of nitrogens with zero attached hydrogens (tertiary/aromatic N) is 2. The van der Waals surface area contributed by atoms with Crippen molar-refractivity contribution in [1.29, 1.82) is 0 Å². The molecule has 0 N–H and O–H groups in total. The summed E-state index contributed by atoms with van der Waals surface area (Å²) in [4.78, 5) is 28.5. The van der Waals surface area contributed by atoms with Gasteiger partial charge in [-0.05, 0) is 17.2 Å². The summed E-state index contributed by atoms with van der Waals surface area (Å²) < 4.78 is 68.7. The van der Waals surface area contributed by atoms with Gasteiger partial charge in [-0.1, -0.05) is 30.3 Å². The minimum atomic E-state index is -3.24. The quantitative estimate of drug-likeness (QED) is 0.216. The molecule has 2 atom stereocenters. The van der Waals surface area contributed by atoms with Gasteiger partial charge >= 0.3 is 5.97 Å². The van der Waals surface area contributed by atoms with E-state index in [9.17, 15) is 31.2 Å². The fourth-order valence-corrected chi connectivity index (χ4v) is 4.40. The first-order valence-corrected chi connectivity index (χ1v) is 14.3. The molecule has 218 valence electrons. The van der Waals surface area contributed by atoms with Gasteiger partial charge in [0.1, 0.15) is 15.9 Å². The van der Waals surface area contributed by atoms with E-state index in [0.29, 0.717) is 35.1 Å². The molecular weight excluding hydrogens is 601 g/mol. The maximum Gasteiger partial charge on any atom is 0.306 e. The van der Waals surface area contributed by atoms with Crippen LogP contribution in [-0.2, 0) is 30.6 Å². The molecule has 0 saturated heterocycles. The summed E-state index contributed by atoms with van der Waals surface area (Å²) in [6, 6.07) is 10.1. The number of rotatable bonds is 15. The molecule has 39 heavy (non-hydrogen) atoms. The number of aryl methyl sites for hydroxylation is 1. The zero-order chi connectivity index (χ0) is 28.5. The van der Waals surface area contributed by atoms with Crippen LogP contribution in [0, 0.1) is 5.92 Å². The highest BCUT2D eigenvalue weighted by Gasteiger charge is 2.31. The van der Waals surface area contributed by atoms with Crippen molar-refractivity contribution in [2.45, 2.75) is 38.2 Å². The second-order valence-electron chi connectivity index (χ2n) is 10.5. The van der Waals surface area contributed by atoms with Crippen molar-refractivity contribution in [3.05, 3.63) is 53.9 Å². The Bertz CT molecular complexity index is 1170. The van der Waals surface area contributed by atoms with E-state index in [2.05, 4.69) is 4.98 Å². The monoisotopic (exact) mass is 636 g/mol. The van der Waals surface area contributed by atoms with Crippen LogP contribution in [0.3, 0.4) is 0 Å². The van der Waals surface area contributed by atoms with Crippen molar-refractivity contribution in [3.63, 3.8) is 0 Å².